The van der Waals surface area contributed by atoms with Crippen LogP contribution in [0.25, 0.3) is 0 Å². The number of carbonyl (C=O) groups excluding carboxylic acids is 2. The Bertz CT molecular complexity index is 1700. The van der Waals surface area contributed by atoms with Gasteiger partial charge in [0.1, 0.15) is 11.5 Å². The molecule has 0 saturated heterocycles. The average Bonchev–Trinajstić information content (AvgIpc) is 3.00. The highest BCUT2D eigenvalue weighted by atomic mass is 35.5. The number of carbonyl (C=O) groups is 2. The fourth-order valence-corrected chi connectivity index (χ4v) is 5.54. The minimum atomic E-state index is -3.87. The van der Waals surface area contributed by atoms with Crippen LogP contribution < -0.4 is 24.4 Å². The smallest absolute Gasteiger partial charge is 0.265 e. The number of para-hydroxylation sites is 2. The molecule has 1 atom stereocenters. The predicted molar refractivity (Wildman–Crippen MR) is 160 cm³/mol. The molecule has 5 rings (SSSR count). The molecule has 4 aromatic rings. The van der Waals surface area contributed by atoms with Gasteiger partial charge in [0.2, 0.25) is 0 Å². The van der Waals surface area contributed by atoms with Gasteiger partial charge < -0.3 is 19.7 Å². The largest absolute Gasteiger partial charge is 0.484 e. The molecule has 1 heterocycles. The van der Waals surface area contributed by atoms with E-state index in [2.05, 4.69) is 10.0 Å². The van der Waals surface area contributed by atoms with Crippen molar-refractivity contribution >= 4 is 44.8 Å². The maximum atomic E-state index is 13.3. The van der Waals surface area contributed by atoms with Gasteiger partial charge in [0.15, 0.2) is 12.7 Å². The van der Waals surface area contributed by atoms with Crippen molar-refractivity contribution in [2.45, 2.75) is 24.5 Å². The molecule has 0 bridgehead atoms. The van der Waals surface area contributed by atoms with Crippen LogP contribution >= 0.6 is 11.6 Å². The summed E-state index contributed by atoms with van der Waals surface area (Å²) >= 11 is 6.11. The van der Waals surface area contributed by atoms with E-state index in [1.54, 1.807) is 42.5 Å². The summed E-state index contributed by atoms with van der Waals surface area (Å²) in [6.45, 7) is 1.83. The number of rotatable bonds is 9. The standard InChI is InChI=1S/C31H28ClN3O6S/c1-21-11-12-23(17-26(21)32)34-42(38,39)25-15-13-24(14-16-25)40-20-30(36)35-19-29(41-28-10-6-5-9-27(28)35)31(37)33-18-22-7-3-2-4-8-22/h2-17,29,34H,18-20H2,1H3,(H,33,37)/t29-/m1/s1. The molecule has 0 aromatic heterocycles. The molecule has 2 N–H and O–H groups in total. The molecular formula is C31H28ClN3O6S. The Kier molecular flexibility index (Phi) is 8.65. The third-order valence-electron chi connectivity index (χ3n) is 6.60. The van der Waals surface area contributed by atoms with E-state index in [-0.39, 0.29) is 29.9 Å². The predicted octanol–water partition coefficient (Wildman–Crippen LogP) is 4.94. The fraction of sp³-hybridized carbons (Fsp3) is 0.161. The molecule has 0 aliphatic carbocycles. The highest BCUT2D eigenvalue weighted by Crippen LogP contribution is 2.33. The van der Waals surface area contributed by atoms with Crippen molar-refractivity contribution < 1.29 is 27.5 Å². The van der Waals surface area contributed by atoms with E-state index in [0.717, 1.165) is 11.1 Å². The van der Waals surface area contributed by atoms with Gasteiger partial charge in [-0.15, -0.1) is 0 Å². The van der Waals surface area contributed by atoms with E-state index in [0.29, 0.717) is 34.4 Å². The minimum absolute atomic E-state index is 0.00566. The molecule has 1 aliphatic heterocycles. The number of anilines is 2. The van der Waals surface area contributed by atoms with Gasteiger partial charge in [0, 0.05) is 11.6 Å². The second-order valence-corrected chi connectivity index (χ2v) is 11.7. The number of ether oxygens (including phenoxy) is 2. The highest BCUT2D eigenvalue weighted by Gasteiger charge is 2.33. The van der Waals surface area contributed by atoms with Crippen LogP contribution in [0.3, 0.4) is 0 Å². The van der Waals surface area contributed by atoms with Crippen molar-refractivity contribution in [1.29, 1.82) is 0 Å². The van der Waals surface area contributed by atoms with Gasteiger partial charge in [0.05, 0.1) is 22.8 Å². The van der Waals surface area contributed by atoms with Crippen LogP contribution in [-0.4, -0.2) is 39.5 Å². The van der Waals surface area contributed by atoms with Crippen molar-refractivity contribution in [3.8, 4) is 11.5 Å². The number of hydrogen-bond acceptors (Lipinski definition) is 6. The molecule has 0 saturated carbocycles. The first-order chi connectivity index (χ1) is 20.2. The Morgan fingerprint density at radius 2 is 1.69 bits per heavy atom. The topological polar surface area (TPSA) is 114 Å². The maximum absolute atomic E-state index is 13.3. The van der Waals surface area contributed by atoms with Crippen LogP contribution in [-0.2, 0) is 26.2 Å². The number of hydrogen-bond donors (Lipinski definition) is 2. The summed E-state index contributed by atoms with van der Waals surface area (Å²) in [5.41, 5.74) is 2.65. The van der Waals surface area contributed by atoms with E-state index in [1.165, 1.54) is 29.2 Å². The van der Waals surface area contributed by atoms with Crippen molar-refractivity contribution in [1.82, 2.24) is 5.32 Å². The summed E-state index contributed by atoms with van der Waals surface area (Å²) < 4.78 is 39.7. The molecule has 42 heavy (non-hydrogen) atoms. The minimum Gasteiger partial charge on any atom is -0.484 e. The number of benzene rings is 4. The Morgan fingerprint density at radius 3 is 2.43 bits per heavy atom. The third kappa shape index (κ3) is 6.84. The molecular weight excluding hydrogens is 578 g/mol. The number of nitrogens with one attached hydrogen (secondary N) is 2. The molecule has 2 amide bonds. The SMILES string of the molecule is Cc1ccc(NS(=O)(=O)c2ccc(OCC(=O)N3C[C@H](C(=O)NCc4ccccc4)Oc4ccccc43)cc2)cc1Cl. The summed E-state index contributed by atoms with van der Waals surface area (Å²) in [5, 5.41) is 3.31. The van der Waals surface area contributed by atoms with Gasteiger partial charge in [-0.05, 0) is 66.6 Å². The van der Waals surface area contributed by atoms with E-state index >= 15 is 0 Å². The lowest BCUT2D eigenvalue weighted by Gasteiger charge is -2.34. The van der Waals surface area contributed by atoms with Crippen molar-refractivity contribution in [3.63, 3.8) is 0 Å². The van der Waals surface area contributed by atoms with Crippen molar-refractivity contribution in [2.75, 3.05) is 22.8 Å². The van der Waals surface area contributed by atoms with Crippen LogP contribution in [0.5, 0.6) is 11.5 Å². The van der Waals surface area contributed by atoms with Gasteiger partial charge >= 0.3 is 0 Å². The second kappa shape index (κ2) is 12.5. The first-order valence-corrected chi connectivity index (χ1v) is 15.0. The lowest BCUT2D eigenvalue weighted by Crippen LogP contribution is -2.51. The Labute approximate surface area is 249 Å². The molecule has 0 spiro atoms. The molecule has 4 aromatic carbocycles. The Hall–Kier alpha value is -4.54. The lowest BCUT2D eigenvalue weighted by molar-refractivity contribution is -0.128. The van der Waals surface area contributed by atoms with Gasteiger partial charge in [0.25, 0.3) is 21.8 Å². The van der Waals surface area contributed by atoms with Crippen LogP contribution in [0, 0.1) is 6.92 Å². The number of nitrogens with zero attached hydrogens (tertiary/aromatic N) is 1. The highest BCUT2D eigenvalue weighted by molar-refractivity contribution is 7.92. The number of fused-ring (bicyclic) bond motifs is 1. The lowest BCUT2D eigenvalue weighted by atomic mass is 10.1. The average molecular weight is 606 g/mol. The van der Waals surface area contributed by atoms with E-state index < -0.39 is 16.1 Å². The first kappa shape index (κ1) is 29.0. The van der Waals surface area contributed by atoms with Crippen molar-refractivity contribution in [2.24, 2.45) is 0 Å². The summed E-state index contributed by atoms with van der Waals surface area (Å²) in [5.74, 6) is -0.0140. The second-order valence-electron chi connectivity index (χ2n) is 9.61. The summed E-state index contributed by atoms with van der Waals surface area (Å²) in [7, 11) is -3.87. The number of halogens is 1. The normalized spacial score (nSPS) is 14.3. The van der Waals surface area contributed by atoms with Gasteiger partial charge in [-0.2, -0.15) is 0 Å². The van der Waals surface area contributed by atoms with E-state index in [1.807, 2.05) is 37.3 Å². The monoisotopic (exact) mass is 605 g/mol. The number of aryl methyl sites for hydroxylation is 1. The maximum Gasteiger partial charge on any atom is 0.265 e. The zero-order valence-corrected chi connectivity index (χ0v) is 24.2. The molecule has 9 nitrogen and oxygen atoms in total. The van der Waals surface area contributed by atoms with Crippen LogP contribution in [0.1, 0.15) is 11.1 Å². The van der Waals surface area contributed by atoms with Crippen molar-refractivity contribution in [3.05, 3.63) is 113 Å². The van der Waals surface area contributed by atoms with E-state index in [4.69, 9.17) is 21.1 Å². The number of sulfonamides is 1. The Balaban J connectivity index is 1.22. The summed E-state index contributed by atoms with van der Waals surface area (Å²) in [6.07, 6.45) is -0.909. The van der Waals surface area contributed by atoms with E-state index in [9.17, 15) is 18.0 Å². The molecule has 0 unspecified atom stereocenters. The summed E-state index contributed by atoms with van der Waals surface area (Å²) in [4.78, 5) is 27.7. The quantitative estimate of drug-likeness (QED) is 0.279. The van der Waals surface area contributed by atoms with Gasteiger partial charge in [-0.1, -0.05) is 60.1 Å². The molecule has 11 heteroatoms. The van der Waals surface area contributed by atoms with Crippen LogP contribution in [0.15, 0.2) is 102 Å². The van der Waals surface area contributed by atoms with Crippen LogP contribution in [0.4, 0.5) is 11.4 Å². The van der Waals surface area contributed by atoms with Gasteiger partial charge in [-0.3, -0.25) is 14.3 Å². The zero-order valence-electron chi connectivity index (χ0n) is 22.6. The van der Waals surface area contributed by atoms with Gasteiger partial charge in [-0.25, -0.2) is 8.42 Å². The third-order valence-corrected chi connectivity index (χ3v) is 8.40. The molecule has 1 aliphatic rings. The number of amides is 2. The molecule has 216 valence electrons. The summed E-state index contributed by atoms with van der Waals surface area (Å²) in [6, 6.07) is 27.1. The Morgan fingerprint density at radius 1 is 0.976 bits per heavy atom. The molecule has 0 fully saturated rings. The fourth-order valence-electron chi connectivity index (χ4n) is 4.31. The first-order valence-electron chi connectivity index (χ1n) is 13.1. The van der Waals surface area contributed by atoms with Crippen LogP contribution in [0.2, 0.25) is 5.02 Å². The zero-order chi connectivity index (χ0) is 29.7. The molecule has 0 radical (unpaired) electrons.